The van der Waals surface area contributed by atoms with Crippen LogP contribution in [0.15, 0.2) is 17.5 Å². The molecule has 12 heavy (non-hydrogen) atoms. The molecule has 0 atom stereocenters. The molecule has 1 saturated heterocycles. The molecule has 0 spiro atoms. The lowest BCUT2D eigenvalue weighted by molar-refractivity contribution is -0.108. The minimum atomic E-state index is 0.907. The van der Waals surface area contributed by atoms with E-state index >= 15 is 0 Å². The van der Waals surface area contributed by atoms with E-state index in [1.54, 1.807) is 0 Å². The number of rotatable bonds is 3. The Kier molecular flexibility index (Phi) is 2.76. The first-order valence-electron chi connectivity index (χ1n) is 4.35. The first kappa shape index (κ1) is 8.23. The van der Waals surface area contributed by atoms with E-state index < -0.39 is 0 Å². The van der Waals surface area contributed by atoms with Crippen molar-refractivity contribution in [3.63, 3.8) is 0 Å². The largest absolute Gasteiger partial charge is 0.299 e. The molecule has 0 unspecified atom stereocenters. The van der Waals surface area contributed by atoms with Crippen LogP contribution in [0.25, 0.3) is 0 Å². The van der Waals surface area contributed by atoms with Crippen LogP contribution in [0.2, 0.25) is 0 Å². The Morgan fingerprint density at radius 2 is 2.58 bits per heavy atom. The van der Waals surface area contributed by atoms with E-state index in [4.69, 9.17) is 4.84 Å². The van der Waals surface area contributed by atoms with Crippen molar-refractivity contribution in [2.24, 2.45) is 0 Å². The van der Waals surface area contributed by atoms with Gasteiger partial charge >= 0.3 is 0 Å². The molecule has 0 aromatic carbocycles. The van der Waals surface area contributed by atoms with Crippen LogP contribution < -0.4 is 0 Å². The fourth-order valence-electron chi connectivity index (χ4n) is 1.37. The summed E-state index contributed by atoms with van der Waals surface area (Å²) in [5.41, 5.74) is 0. The molecule has 2 nitrogen and oxygen atoms in total. The highest BCUT2D eigenvalue weighted by atomic mass is 32.1. The van der Waals surface area contributed by atoms with Gasteiger partial charge in [0.25, 0.3) is 0 Å². The average molecular weight is 183 g/mol. The first-order valence-corrected chi connectivity index (χ1v) is 5.23. The standard InChI is InChI=1S/C9H13NOS/c1-3-9(12-8-1)4-6-10-5-2-7-11-10/h1,3,8H,2,4-7H2. The highest BCUT2D eigenvalue weighted by molar-refractivity contribution is 7.09. The second kappa shape index (κ2) is 4.03. The first-order chi connectivity index (χ1) is 5.95. The second-order valence-electron chi connectivity index (χ2n) is 2.95. The summed E-state index contributed by atoms with van der Waals surface area (Å²) in [7, 11) is 0. The van der Waals surface area contributed by atoms with Crippen LogP contribution >= 0.6 is 11.3 Å². The van der Waals surface area contributed by atoms with Gasteiger partial charge in [0.05, 0.1) is 6.61 Å². The summed E-state index contributed by atoms with van der Waals surface area (Å²) in [6.45, 7) is 3.05. The van der Waals surface area contributed by atoms with Crippen molar-refractivity contribution in [3.05, 3.63) is 22.4 Å². The molecule has 0 bridgehead atoms. The minimum Gasteiger partial charge on any atom is -0.299 e. The SMILES string of the molecule is c1csc(CCN2CCCO2)c1. The third-order valence-corrected chi connectivity index (χ3v) is 2.95. The molecule has 0 aliphatic carbocycles. The summed E-state index contributed by atoms with van der Waals surface area (Å²) >= 11 is 1.82. The van der Waals surface area contributed by atoms with E-state index in [-0.39, 0.29) is 0 Å². The molecule has 3 heteroatoms. The van der Waals surface area contributed by atoms with Crippen LogP contribution in [0.5, 0.6) is 0 Å². The number of hydroxylamine groups is 2. The zero-order valence-electron chi connectivity index (χ0n) is 7.03. The third-order valence-electron chi connectivity index (χ3n) is 2.01. The predicted octanol–water partition coefficient (Wildman–Crippen LogP) is 1.93. The van der Waals surface area contributed by atoms with E-state index in [9.17, 15) is 0 Å². The number of nitrogens with zero attached hydrogens (tertiary/aromatic N) is 1. The number of thiophene rings is 1. The highest BCUT2D eigenvalue weighted by Gasteiger charge is 2.11. The van der Waals surface area contributed by atoms with Crippen molar-refractivity contribution in [1.82, 2.24) is 5.06 Å². The van der Waals surface area contributed by atoms with Gasteiger partial charge < -0.3 is 0 Å². The Balaban J connectivity index is 1.74. The van der Waals surface area contributed by atoms with Gasteiger partial charge in [0, 0.05) is 18.0 Å². The van der Waals surface area contributed by atoms with Crippen LogP contribution in [-0.4, -0.2) is 24.8 Å². The summed E-state index contributed by atoms with van der Waals surface area (Å²) in [6, 6.07) is 4.28. The normalized spacial score (nSPS) is 18.7. The van der Waals surface area contributed by atoms with Gasteiger partial charge in [0.2, 0.25) is 0 Å². The molecule has 2 heterocycles. The summed E-state index contributed by atoms with van der Waals surface area (Å²) in [4.78, 5) is 6.84. The molecule has 0 N–H and O–H groups in total. The molecule has 0 radical (unpaired) electrons. The van der Waals surface area contributed by atoms with Gasteiger partial charge in [-0.1, -0.05) is 6.07 Å². The molecule has 0 amide bonds. The fraction of sp³-hybridized carbons (Fsp3) is 0.556. The molecule has 1 aliphatic rings. The predicted molar refractivity (Wildman–Crippen MR) is 50.2 cm³/mol. The zero-order chi connectivity index (χ0) is 8.23. The molecule has 1 aliphatic heterocycles. The van der Waals surface area contributed by atoms with Crippen LogP contribution in [0.3, 0.4) is 0 Å². The van der Waals surface area contributed by atoms with Gasteiger partial charge in [-0.3, -0.25) is 4.84 Å². The molecule has 1 aromatic rings. The van der Waals surface area contributed by atoms with Crippen molar-refractivity contribution in [1.29, 1.82) is 0 Å². The van der Waals surface area contributed by atoms with Gasteiger partial charge in [0.15, 0.2) is 0 Å². The average Bonchev–Trinajstić information content (AvgIpc) is 2.74. The summed E-state index contributed by atoms with van der Waals surface area (Å²) in [5.74, 6) is 0. The third kappa shape index (κ3) is 2.06. The molecule has 2 rings (SSSR count). The monoisotopic (exact) mass is 183 g/mol. The topological polar surface area (TPSA) is 12.5 Å². The molecule has 1 fully saturated rings. The summed E-state index contributed by atoms with van der Waals surface area (Å²) in [6.07, 6.45) is 2.31. The van der Waals surface area contributed by atoms with E-state index in [2.05, 4.69) is 22.6 Å². The van der Waals surface area contributed by atoms with E-state index in [0.717, 1.165) is 26.1 Å². The number of hydrogen-bond donors (Lipinski definition) is 0. The van der Waals surface area contributed by atoms with Crippen molar-refractivity contribution >= 4 is 11.3 Å². The van der Waals surface area contributed by atoms with Crippen molar-refractivity contribution < 1.29 is 4.84 Å². The Labute approximate surface area is 76.7 Å². The zero-order valence-corrected chi connectivity index (χ0v) is 7.85. The fourth-order valence-corrected chi connectivity index (χ4v) is 2.06. The highest BCUT2D eigenvalue weighted by Crippen LogP contribution is 2.11. The van der Waals surface area contributed by atoms with Crippen molar-refractivity contribution in [2.45, 2.75) is 12.8 Å². The molecule has 66 valence electrons. The lowest BCUT2D eigenvalue weighted by Crippen LogP contribution is -2.20. The van der Waals surface area contributed by atoms with Crippen LogP contribution in [0, 0.1) is 0 Å². The quantitative estimate of drug-likeness (QED) is 0.710. The minimum absolute atomic E-state index is 0.907. The molecule has 0 saturated carbocycles. The van der Waals surface area contributed by atoms with E-state index in [1.165, 1.54) is 11.3 Å². The number of hydrogen-bond acceptors (Lipinski definition) is 3. The molecular formula is C9H13NOS. The Hall–Kier alpha value is -0.380. The molecule has 1 aromatic heterocycles. The van der Waals surface area contributed by atoms with Crippen LogP contribution in [0.4, 0.5) is 0 Å². The van der Waals surface area contributed by atoms with Crippen LogP contribution in [0.1, 0.15) is 11.3 Å². The molecular weight excluding hydrogens is 170 g/mol. The van der Waals surface area contributed by atoms with Gasteiger partial charge in [0.1, 0.15) is 0 Å². The second-order valence-corrected chi connectivity index (χ2v) is 3.98. The Bertz CT molecular complexity index is 216. The van der Waals surface area contributed by atoms with Gasteiger partial charge in [-0.15, -0.1) is 11.3 Å². The lowest BCUT2D eigenvalue weighted by Gasteiger charge is -2.11. The summed E-state index contributed by atoms with van der Waals surface area (Å²) in [5, 5.41) is 4.19. The van der Waals surface area contributed by atoms with Crippen molar-refractivity contribution in [2.75, 3.05) is 19.7 Å². The summed E-state index contributed by atoms with van der Waals surface area (Å²) < 4.78 is 0. The van der Waals surface area contributed by atoms with Gasteiger partial charge in [-0.25, -0.2) is 0 Å². The van der Waals surface area contributed by atoms with Crippen LogP contribution in [-0.2, 0) is 11.3 Å². The van der Waals surface area contributed by atoms with E-state index in [1.807, 2.05) is 11.3 Å². The van der Waals surface area contributed by atoms with Gasteiger partial charge in [-0.2, -0.15) is 5.06 Å². The maximum absolute atomic E-state index is 5.39. The van der Waals surface area contributed by atoms with E-state index in [0.29, 0.717) is 0 Å². The maximum atomic E-state index is 5.39. The Morgan fingerprint density at radius 1 is 1.58 bits per heavy atom. The van der Waals surface area contributed by atoms with Crippen molar-refractivity contribution in [3.8, 4) is 0 Å². The van der Waals surface area contributed by atoms with Gasteiger partial charge in [-0.05, 0) is 24.3 Å². The smallest absolute Gasteiger partial charge is 0.0698 e. The Morgan fingerprint density at radius 3 is 3.25 bits per heavy atom. The lowest BCUT2D eigenvalue weighted by atomic mass is 10.3. The maximum Gasteiger partial charge on any atom is 0.0698 e.